The van der Waals surface area contributed by atoms with E-state index in [1.807, 2.05) is 61.5 Å². The fraction of sp³-hybridized carbons (Fsp3) is 0.423. The van der Waals surface area contributed by atoms with Crippen molar-refractivity contribution in [2.45, 2.75) is 58.2 Å². The normalized spacial score (nSPS) is 13.4. The molecular formula is C26H35N3O5. The second-order valence-electron chi connectivity index (χ2n) is 8.38. The van der Waals surface area contributed by atoms with E-state index in [2.05, 4.69) is 10.6 Å². The van der Waals surface area contributed by atoms with Crippen molar-refractivity contribution in [2.75, 3.05) is 6.61 Å². The third-order valence-electron chi connectivity index (χ3n) is 5.61. The zero-order valence-corrected chi connectivity index (χ0v) is 19.8. The van der Waals surface area contributed by atoms with E-state index in [0.717, 1.165) is 11.1 Å². The van der Waals surface area contributed by atoms with Crippen LogP contribution in [0.25, 0.3) is 0 Å². The van der Waals surface area contributed by atoms with Crippen LogP contribution in [-0.2, 0) is 27.4 Å². The maximum atomic E-state index is 12.8. The Hall–Kier alpha value is -3.39. The largest absolute Gasteiger partial charge is 0.489 e. The second-order valence-corrected chi connectivity index (χ2v) is 8.38. The van der Waals surface area contributed by atoms with Crippen LogP contribution in [0.3, 0.4) is 0 Å². The lowest BCUT2D eigenvalue weighted by molar-refractivity contribution is -0.130. The fourth-order valence-corrected chi connectivity index (χ4v) is 3.24. The van der Waals surface area contributed by atoms with Crippen molar-refractivity contribution in [1.82, 2.24) is 10.6 Å². The third-order valence-corrected chi connectivity index (χ3v) is 5.61. The maximum Gasteiger partial charge on any atom is 0.243 e. The molecule has 2 aromatic rings. The number of hydrogen-bond acceptors (Lipinski definition) is 5. The molecule has 0 spiro atoms. The van der Waals surface area contributed by atoms with E-state index in [-0.39, 0.29) is 31.3 Å². The van der Waals surface area contributed by atoms with Crippen LogP contribution in [0.4, 0.5) is 0 Å². The number of ether oxygens (including phenoxy) is 1. The van der Waals surface area contributed by atoms with E-state index in [1.54, 1.807) is 6.92 Å². The number of nitrogens with one attached hydrogen (secondary N) is 2. The third kappa shape index (κ3) is 9.23. The van der Waals surface area contributed by atoms with Gasteiger partial charge in [-0.2, -0.15) is 0 Å². The first-order valence-electron chi connectivity index (χ1n) is 11.6. The number of primary amides is 1. The molecule has 0 fully saturated rings. The molecule has 2 rings (SSSR count). The Kier molecular flexibility index (Phi) is 11.1. The zero-order chi connectivity index (χ0) is 24.9. The second kappa shape index (κ2) is 14.0. The molecule has 0 saturated carbocycles. The van der Waals surface area contributed by atoms with Gasteiger partial charge in [0.25, 0.3) is 0 Å². The van der Waals surface area contributed by atoms with Gasteiger partial charge in [0, 0.05) is 18.8 Å². The van der Waals surface area contributed by atoms with Crippen molar-refractivity contribution in [3.63, 3.8) is 0 Å². The minimum atomic E-state index is -0.826. The van der Waals surface area contributed by atoms with Crippen LogP contribution in [0.1, 0.15) is 44.2 Å². The smallest absolute Gasteiger partial charge is 0.243 e. The van der Waals surface area contributed by atoms with Gasteiger partial charge >= 0.3 is 0 Å². The molecular weight excluding hydrogens is 434 g/mol. The molecule has 3 amide bonds. The van der Waals surface area contributed by atoms with Gasteiger partial charge in [-0.15, -0.1) is 0 Å². The summed E-state index contributed by atoms with van der Waals surface area (Å²) in [6, 6.07) is 16.0. The standard InChI is InChI=1S/C26H35N3O5/c1-3-21(16-30)28-26(33)23(29-24(31)14-9-18(2)25(27)32)15-19-10-12-22(13-11-19)34-17-20-7-5-4-6-8-20/h4-8,10-13,18,21,23,30H,3,9,14-17H2,1-2H3,(H2,27,32)(H,28,33)(H,29,31). The fourth-order valence-electron chi connectivity index (χ4n) is 3.24. The summed E-state index contributed by atoms with van der Waals surface area (Å²) in [6.45, 7) is 3.78. The number of aliphatic hydroxyl groups excluding tert-OH is 1. The highest BCUT2D eigenvalue weighted by Crippen LogP contribution is 2.16. The van der Waals surface area contributed by atoms with Crippen molar-refractivity contribution in [2.24, 2.45) is 11.7 Å². The molecule has 0 saturated heterocycles. The number of amides is 3. The van der Waals surface area contributed by atoms with E-state index in [9.17, 15) is 19.5 Å². The molecule has 0 bridgehead atoms. The topological polar surface area (TPSA) is 131 Å². The molecule has 0 heterocycles. The molecule has 2 aromatic carbocycles. The van der Waals surface area contributed by atoms with Gasteiger partial charge in [-0.25, -0.2) is 0 Å². The highest BCUT2D eigenvalue weighted by Gasteiger charge is 2.23. The summed E-state index contributed by atoms with van der Waals surface area (Å²) in [7, 11) is 0. The molecule has 0 aliphatic carbocycles. The van der Waals surface area contributed by atoms with Gasteiger partial charge in [0.05, 0.1) is 12.6 Å². The van der Waals surface area contributed by atoms with Gasteiger partial charge in [0.2, 0.25) is 17.7 Å². The molecule has 0 aliphatic heterocycles. The van der Waals surface area contributed by atoms with Crippen molar-refractivity contribution in [3.05, 3.63) is 65.7 Å². The van der Waals surface area contributed by atoms with Gasteiger partial charge in [-0.1, -0.05) is 56.3 Å². The summed E-state index contributed by atoms with van der Waals surface area (Å²) in [6.07, 6.45) is 1.21. The Morgan fingerprint density at radius 3 is 2.26 bits per heavy atom. The quantitative estimate of drug-likeness (QED) is 0.336. The van der Waals surface area contributed by atoms with Gasteiger partial charge < -0.3 is 26.2 Å². The predicted octanol–water partition coefficient (Wildman–Crippen LogP) is 2.08. The van der Waals surface area contributed by atoms with Crippen LogP contribution < -0.4 is 21.1 Å². The predicted molar refractivity (Wildman–Crippen MR) is 130 cm³/mol. The summed E-state index contributed by atoms with van der Waals surface area (Å²) < 4.78 is 5.80. The molecule has 0 radical (unpaired) electrons. The number of benzene rings is 2. The SMILES string of the molecule is CCC(CO)NC(=O)C(Cc1ccc(OCc2ccccc2)cc1)NC(=O)CCC(C)C(N)=O. The Bertz CT molecular complexity index is 914. The van der Waals surface area contributed by atoms with Crippen LogP contribution in [-0.4, -0.2) is 41.5 Å². The first-order chi connectivity index (χ1) is 16.3. The lowest BCUT2D eigenvalue weighted by Gasteiger charge is -2.22. The average Bonchev–Trinajstić information content (AvgIpc) is 2.85. The molecule has 3 atom stereocenters. The molecule has 0 aliphatic rings. The molecule has 34 heavy (non-hydrogen) atoms. The highest BCUT2D eigenvalue weighted by molar-refractivity contribution is 5.88. The van der Waals surface area contributed by atoms with Crippen LogP contribution in [0.5, 0.6) is 5.75 Å². The molecule has 8 heteroatoms. The van der Waals surface area contributed by atoms with Crippen molar-refractivity contribution < 1.29 is 24.2 Å². The lowest BCUT2D eigenvalue weighted by atomic mass is 10.0. The summed E-state index contributed by atoms with van der Waals surface area (Å²) in [5.74, 6) is -0.912. The Labute approximate surface area is 200 Å². The average molecular weight is 470 g/mol. The summed E-state index contributed by atoms with van der Waals surface area (Å²) in [4.78, 5) is 36.5. The van der Waals surface area contributed by atoms with Crippen LogP contribution in [0.15, 0.2) is 54.6 Å². The van der Waals surface area contributed by atoms with Gasteiger partial charge in [-0.05, 0) is 36.1 Å². The monoisotopic (exact) mass is 469 g/mol. The molecule has 0 aromatic heterocycles. The number of carbonyl (C=O) groups is 3. The Morgan fingerprint density at radius 1 is 1.00 bits per heavy atom. The first-order valence-corrected chi connectivity index (χ1v) is 11.6. The van der Waals surface area contributed by atoms with E-state index < -0.39 is 23.9 Å². The number of nitrogens with two attached hydrogens (primary N) is 1. The number of hydrogen-bond donors (Lipinski definition) is 4. The Balaban J connectivity index is 2.02. The van der Waals surface area contributed by atoms with Crippen molar-refractivity contribution in [3.8, 4) is 5.75 Å². The minimum Gasteiger partial charge on any atom is -0.489 e. The van der Waals surface area contributed by atoms with Gasteiger partial charge in [0.15, 0.2) is 0 Å². The van der Waals surface area contributed by atoms with E-state index >= 15 is 0 Å². The highest BCUT2D eigenvalue weighted by atomic mass is 16.5. The van der Waals surface area contributed by atoms with E-state index in [0.29, 0.717) is 25.2 Å². The van der Waals surface area contributed by atoms with E-state index in [4.69, 9.17) is 10.5 Å². The summed E-state index contributed by atoms with van der Waals surface area (Å²) in [5, 5.41) is 15.0. The van der Waals surface area contributed by atoms with Gasteiger partial charge in [0.1, 0.15) is 18.4 Å². The molecule has 184 valence electrons. The molecule has 8 nitrogen and oxygen atoms in total. The first kappa shape index (κ1) is 26.9. The number of aliphatic hydroxyl groups is 1. The van der Waals surface area contributed by atoms with Crippen LogP contribution >= 0.6 is 0 Å². The zero-order valence-electron chi connectivity index (χ0n) is 19.8. The lowest BCUT2D eigenvalue weighted by Crippen LogP contribution is -2.51. The maximum absolute atomic E-state index is 12.8. The molecule has 5 N–H and O–H groups in total. The summed E-state index contributed by atoms with van der Waals surface area (Å²) in [5.41, 5.74) is 7.16. The van der Waals surface area contributed by atoms with Crippen molar-refractivity contribution >= 4 is 17.7 Å². The van der Waals surface area contributed by atoms with Crippen molar-refractivity contribution in [1.29, 1.82) is 0 Å². The minimum absolute atomic E-state index is 0.0807. The van der Waals surface area contributed by atoms with Crippen LogP contribution in [0.2, 0.25) is 0 Å². The van der Waals surface area contributed by atoms with Gasteiger partial charge in [-0.3, -0.25) is 14.4 Å². The Morgan fingerprint density at radius 2 is 1.68 bits per heavy atom. The number of rotatable bonds is 14. The van der Waals surface area contributed by atoms with Crippen LogP contribution in [0, 0.1) is 5.92 Å². The number of carbonyl (C=O) groups excluding carboxylic acids is 3. The molecule has 3 unspecified atom stereocenters. The van der Waals surface area contributed by atoms with E-state index in [1.165, 1.54) is 0 Å². The summed E-state index contributed by atoms with van der Waals surface area (Å²) >= 11 is 0.